The Labute approximate surface area is 89.5 Å². The summed E-state index contributed by atoms with van der Waals surface area (Å²) in [6.07, 6.45) is 0.855. The van der Waals surface area contributed by atoms with Gasteiger partial charge >= 0.3 is 0 Å². The summed E-state index contributed by atoms with van der Waals surface area (Å²) in [7, 11) is 0. The van der Waals surface area contributed by atoms with E-state index in [1.54, 1.807) is 0 Å². The SMILES string of the molecule is NCC1CN(C(=O)C2CCOC2)CCO1. The zero-order valence-electron chi connectivity index (χ0n) is 8.85. The lowest BCUT2D eigenvalue weighted by Gasteiger charge is -2.33. The molecule has 0 aromatic carbocycles. The Morgan fingerprint density at radius 2 is 2.33 bits per heavy atom. The summed E-state index contributed by atoms with van der Waals surface area (Å²) in [5, 5.41) is 0. The van der Waals surface area contributed by atoms with Gasteiger partial charge in [0.15, 0.2) is 0 Å². The van der Waals surface area contributed by atoms with Crippen molar-refractivity contribution < 1.29 is 14.3 Å². The Bertz CT molecular complexity index is 229. The number of rotatable bonds is 2. The Balaban J connectivity index is 1.88. The van der Waals surface area contributed by atoms with Crippen LogP contribution in [0, 0.1) is 5.92 Å². The molecule has 1 amide bonds. The monoisotopic (exact) mass is 214 g/mol. The molecular weight excluding hydrogens is 196 g/mol. The van der Waals surface area contributed by atoms with Crippen LogP contribution in [0.4, 0.5) is 0 Å². The van der Waals surface area contributed by atoms with Crippen LogP contribution in [0.1, 0.15) is 6.42 Å². The van der Waals surface area contributed by atoms with Crippen molar-refractivity contribution in [3.05, 3.63) is 0 Å². The van der Waals surface area contributed by atoms with E-state index in [4.69, 9.17) is 15.2 Å². The van der Waals surface area contributed by atoms with E-state index < -0.39 is 0 Å². The molecule has 2 heterocycles. The van der Waals surface area contributed by atoms with Crippen LogP contribution in [0.3, 0.4) is 0 Å². The van der Waals surface area contributed by atoms with Gasteiger partial charge in [0.25, 0.3) is 0 Å². The first-order valence-electron chi connectivity index (χ1n) is 5.49. The zero-order chi connectivity index (χ0) is 10.7. The van der Waals surface area contributed by atoms with Crippen molar-refractivity contribution in [1.29, 1.82) is 0 Å². The van der Waals surface area contributed by atoms with Gasteiger partial charge in [-0.25, -0.2) is 0 Å². The minimum Gasteiger partial charge on any atom is -0.381 e. The average molecular weight is 214 g/mol. The van der Waals surface area contributed by atoms with Gasteiger partial charge in [-0.05, 0) is 6.42 Å². The number of amides is 1. The van der Waals surface area contributed by atoms with Gasteiger partial charge in [-0.1, -0.05) is 0 Å². The van der Waals surface area contributed by atoms with Gasteiger partial charge < -0.3 is 20.1 Å². The fourth-order valence-corrected chi connectivity index (χ4v) is 2.05. The first kappa shape index (κ1) is 10.9. The number of morpholine rings is 1. The van der Waals surface area contributed by atoms with Crippen molar-refractivity contribution in [2.45, 2.75) is 12.5 Å². The van der Waals surface area contributed by atoms with Crippen LogP contribution < -0.4 is 5.73 Å². The van der Waals surface area contributed by atoms with Gasteiger partial charge in [0.05, 0.1) is 25.2 Å². The lowest BCUT2D eigenvalue weighted by atomic mass is 10.1. The van der Waals surface area contributed by atoms with E-state index in [0.717, 1.165) is 6.42 Å². The van der Waals surface area contributed by atoms with E-state index >= 15 is 0 Å². The second-order valence-electron chi connectivity index (χ2n) is 4.07. The number of ether oxygens (including phenoxy) is 2. The molecule has 2 rings (SSSR count). The predicted octanol–water partition coefficient (Wildman–Crippen LogP) is -0.791. The van der Waals surface area contributed by atoms with Gasteiger partial charge in [0.1, 0.15) is 0 Å². The third kappa shape index (κ3) is 2.48. The highest BCUT2D eigenvalue weighted by atomic mass is 16.5. The van der Waals surface area contributed by atoms with E-state index in [2.05, 4.69) is 0 Å². The summed E-state index contributed by atoms with van der Waals surface area (Å²) in [6.45, 7) is 3.67. The summed E-state index contributed by atoms with van der Waals surface area (Å²) < 4.78 is 10.6. The zero-order valence-corrected chi connectivity index (χ0v) is 8.85. The van der Waals surface area contributed by atoms with Crippen LogP contribution in [0.25, 0.3) is 0 Å². The molecule has 0 bridgehead atoms. The van der Waals surface area contributed by atoms with Crippen LogP contribution in [-0.4, -0.2) is 56.4 Å². The highest BCUT2D eigenvalue weighted by Crippen LogP contribution is 2.17. The summed E-state index contributed by atoms with van der Waals surface area (Å²) in [6, 6.07) is 0. The second kappa shape index (κ2) is 4.92. The maximum absolute atomic E-state index is 12.0. The van der Waals surface area contributed by atoms with Crippen molar-refractivity contribution in [1.82, 2.24) is 4.90 Å². The molecule has 86 valence electrons. The summed E-state index contributed by atoms with van der Waals surface area (Å²) in [4.78, 5) is 13.9. The van der Waals surface area contributed by atoms with Gasteiger partial charge in [-0.15, -0.1) is 0 Å². The first-order chi connectivity index (χ1) is 7.31. The standard InChI is InChI=1S/C10H18N2O3/c11-5-9-6-12(2-4-15-9)10(13)8-1-3-14-7-8/h8-9H,1-7,11H2. The van der Waals surface area contributed by atoms with Crippen LogP contribution in [-0.2, 0) is 14.3 Å². The smallest absolute Gasteiger partial charge is 0.228 e. The van der Waals surface area contributed by atoms with Gasteiger partial charge in [0.2, 0.25) is 5.91 Å². The lowest BCUT2D eigenvalue weighted by Crippen LogP contribution is -2.50. The van der Waals surface area contributed by atoms with E-state index in [1.165, 1.54) is 0 Å². The number of nitrogens with zero attached hydrogens (tertiary/aromatic N) is 1. The van der Waals surface area contributed by atoms with Crippen molar-refractivity contribution in [2.24, 2.45) is 11.7 Å². The number of hydrogen-bond acceptors (Lipinski definition) is 4. The molecule has 2 fully saturated rings. The number of carbonyl (C=O) groups is 1. The molecule has 2 saturated heterocycles. The van der Waals surface area contributed by atoms with Crippen LogP contribution in [0.15, 0.2) is 0 Å². The Kier molecular flexibility index (Phi) is 3.56. The van der Waals surface area contributed by atoms with Crippen molar-refractivity contribution in [3.8, 4) is 0 Å². The van der Waals surface area contributed by atoms with Crippen LogP contribution in [0.5, 0.6) is 0 Å². The summed E-state index contributed by atoms with van der Waals surface area (Å²) >= 11 is 0. The lowest BCUT2D eigenvalue weighted by molar-refractivity contribution is -0.142. The topological polar surface area (TPSA) is 64.8 Å². The maximum atomic E-state index is 12.0. The van der Waals surface area contributed by atoms with Crippen molar-refractivity contribution in [3.63, 3.8) is 0 Å². The molecule has 0 aromatic heterocycles. The minimum atomic E-state index is 0.00465. The molecule has 0 aromatic rings. The van der Waals surface area contributed by atoms with Gasteiger partial charge in [0, 0.05) is 26.2 Å². The fourth-order valence-electron chi connectivity index (χ4n) is 2.05. The van der Waals surface area contributed by atoms with E-state index in [0.29, 0.717) is 39.5 Å². The molecular formula is C10H18N2O3. The molecule has 5 heteroatoms. The van der Waals surface area contributed by atoms with Crippen LogP contribution in [0.2, 0.25) is 0 Å². The Hall–Kier alpha value is -0.650. The average Bonchev–Trinajstić information content (AvgIpc) is 2.81. The van der Waals surface area contributed by atoms with Crippen molar-refractivity contribution in [2.75, 3.05) is 39.5 Å². The van der Waals surface area contributed by atoms with Crippen molar-refractivity contribution >= 4 is 5.91 Å². The largest absolute Gasteiger partial charge is 0.381 e. The molecule has 2 unspecified atom stereocenters. The Morgan fingerprint density at radius 1 is 1.47 bits per heavy atom. The summed E-state index contributed by atoms with van der Waals surface area (Å²) in [5.74, 6) is 0.260. The van der Waals surface area contributed by atoms with Crippen LogP contribution >= 0.6 is 0 Å². The van der Waals surface area contributed by atoms with Gasteiger partial charge in [-0.3, -0.25) is 4.79 Å². The molecule has 2 N–H and O–H groups in total. The second-order valence-corrected chi connectivity index (χ2v) is 4.07. The molecule has 2 aliphatic rings. The fraction of sp³-hybridized carbons (Fsp3) is 0.900. The number of carbonyl (C=O) groups excluding carboxylic acids is 1. The molecule has 2 aliphatic heterocycles. The molecule has 0 spiro atoms. The maximum Gasteiger partial charge on any atom is 0.228 e. The first-order valence-corrected chi connectivity index (χ1v) is 5.49. The molecule has 0 aliphatic carbocycles. The highest BCUT2D eigenvalue weighted by Gasteiger charge is 2.30. The number of nitrogens with two attached hydrogens (primary N) is 1. The Morgan fingerprint density at radius 3 is 3.00 bits per heavy atom. The van der Waals surface area contributed by atoms with Gasteiger partial charge in [-0.2, -0.15) is 0 Å². The molecule has 15 heavy (non-hydrogen) atoms. The van der Waals surface area contributed by atoms with E-state index in [1.807, 2.05) is 4.90 Å². The minimum absolute atomic E-state index is 0.00465. The third-order valence-electron chi connectivity index (χ3n) is 2.99. The normalized spacial score (nSPS) is 31.9. The predicted molar refractivity (Wildman–Crippen MR) is 54.3 cm³/mol. The highest BCUT2D eigenvalue weighted by molar-refractivity contribution is 5.79. The molecule has 0 radical (unpaired) electrons. The number of hydrogen-bond donors (Lipinski definition) is 1. The molecule has 5 nitrogen and oxygen atoms in total. The van der Waals surface area contributed by atoms with E-state index in [9.17, 15) is 4.79 Å². The molecule has 2 atom stereocenters. The molecule has 0 saturated carbocycles. The summed E-state index contributed by atoms with van der Waals surface area (Å²) in [5.41, 5.74) is 5.53. The van der Waals surface area contributed by atoms with E-state index in [-0.39, 0.29) is 17.9 Å². The quantitative estimate of drug-likeness (QED) is 0.654. The third-order valence-corrected chi connectivity index (χ3v) is 2.99.